The van der Waals surface area contributed by atoms with Crippen LogP contribution in [0.5, 0.6) is 0 Å². The van der Waals surface area contributed by atoms with Gasteiger partial charge < -0.3 is 0 Å². The third kappa shape index (κ3) is 4.06. The highest BCUT2D eigenvalue weighted by Gasteiger charge is 2.37. The Balaban J connectivity index is 3.51. The summed E-state index contributed by atoms with van der Waals surface area (Å²) in [5.74, 6) is -1.69. The lowest BCUT2D eigenvalue weighted by Crippen LogP contribution is -2.13. The summed E-state index contributed by atoms with van der Waals surface area (Å²) in [6.07, 6.45) is -2.10. The summed E-state index contributed by atoms with van der Waals surface area (Å²) in [7, 11) is 0. The number of alkyl halides is 3. The molecule has 0 unspecified atom stereocenters. The van der Waals surface area contributed by atoms with Crippen LogP contribution in [0.25, 0.3) is 0 Å². The van der Waals surface area contributed by atoms with Gasteiger partial charge in [-0.05, 0) is 6.26 Å². The van der Waals surface area contributed by atoms with Crippen molar-refractivity contribution in [2.24, 2.45) is 4.99 Å². The molecule has 6 nitrogen and oxygen atoms in total. The number of nitrogens with zero attached hydrogens (tertiary/aromatic N) is 3. The lowest BCUT2D eigenvalue weighted by molar-refractivity contribution is -0.384. The van der Waals surface area contributed by atoms with Gasteiger partial charge in [-0.1, -0.05) is 11.8 Å². The number of amidine groups is 1. The van der Waals surface area contributed by atoms with Crippen LogP contribution in [0.2, 0.25) is 0 Å². The predicted molar refractivity (Wildman–Crippen MR) is 67.4 cm³/mol. The molecule has 0 heterocycles. The zero-order valence-electron chi connectivity index (χ0n) is 10.2. The van der Waals surface area contributed by atoms with Crippen molar-refractivity contribution in [3.8, 4) is 6.19 Å². The molecule has 0 fully saturated rings. The Hall–Kier alpha value is -2.35. The molecule has 0 aliphatic carbocycles. The standard InChI is InChI=1S/C10H6F4N4O2S/c1-21-9(16-4-15)17-7-3-6(11)5(10(12,13)14)2-8(7)18(19)20/h2-3H,1H3,(H,16,17). The quantitative estimate of drug-likeness (QED) is 0.172. The number of halogens is 4. The molecule has 1 aromatic carbocycles. The highest BCUT2D eigenvalue weighted by atomic mass is 32.2. The van der Waals surface area contributed by atoms with Gasteiger partial charge in [0.2, 0.25) is 0 Å². The Morgan fingerprint density at radius 3 is 2.57 bits per heavy atom. The molecular weight excluding hydrogens is 316 g/mol. The Morgan fingerprint density at radius 1 is 1.52 bits per heavy atom. The third-order valence-electron chi connectivity index (χ3n) is 2.14. The van der Waals surface area contributed by atoms with Crippen LogP contribution in [0.4, 0.5) is 28.9 Å². The van der Waals surface area contributed by atoms with Gasteiger partial charge in [-0.25, -0.2) is 9.38 Å². The lowest BCUT2D eigenvalue weighted by Gasteiger charge is -2.09. The van der Waals surface area contributed by atoms with E-state index >= 15 is 0 Å². The van der Waals surface area contributed by atoms with E-state index in [0.717, 1.165) is 11.8 Å². The predicted octanol–water partition coefficient (Wildman–Crippen LogP) is 3.17. The van der Waals surface area contributed by atoms with E-state index in [-0.39, 0.29) is 11.2 Å². The van der Waals surface area contributed by atoms with Crippen molar-refractivity contribution in [3.63, 3.8) is 0 Å². The number of thioether (sulfide) groups is 1. The molecule has 0 saturated heterocycles. The maximum Gasteiger partial charge on any atom is 0.419 e. The van der Waals surface area contributed by atoms with Gasteiger partial charge in [0.15, 0.2) is 11.4 Å². The van der Waals surface area contributed by atoms with Gasteiger partial charge in [-0.2, -0.15) is 18.4 Å². The molecule has 1 rings (SSSR count). The smallest absolute Gasteiger partial charge is 0.271 e. The molecular formula is C10H6F4N4O2S. The first kappa shape index (κ1) is 16.7. The minimum Gasteiger partial charge on any atom is -0.271 e. The summed E-state index contributed by atoms with van der Waals surface area (Å²) in [5, 5.41) is 21.1. The van der Waals surface area contributed by atoms with Crippen LogP contribution in [-0.2, 0) is 6.18 Å². The summed E-state index contributed by atoms with van der Waals surface area (Å²) < 4.78 is 51.0. The van der Waals surface area contributed by atoms with Crippen LogP contribution in [0.1, 0.15) is 5.56 Å². The average Bonchev–Trinajstić information content (AvgIpc) is 2.36. The second kappa shape index (κ2) is 6.40. The van der Waals surface area contributed by atoms with E-state index in [9.17, 15) is 27.7 Å². The van der Waals surface area contributed by atoms with Gasteiger partial charge in [-0.15, -0.1) is 0 Å². The third-order valence-corrected chi connectivity index (χ3v) is 2.72. The second-order valence-corrected chi connectivity index (χ2v) is 4.23. The van der Waals surface area contributed by atoms with Crippen LogP contribution in [0.15, 0.2) is 17.1 Å². The monoisotopic (exact) mass is 322 g/mol. The van der Waals surface area contributed by atoms with E-state index in [1.807, 2.05) is 0 Å². The van der Waals surface area contributed by atoms with Crippen molar-refractivity contribution >= 4 is 28.3 Å². The Bertz CT molecular complexity index is 639. The van der Waals surface area contributed by atoms with E-state index < -0.39 is 33.9 Å². The van der Waals surface area contributed by atoms with Crippen molar-refractivity contribution in [1.29, 1.82) is 5.26 Å². The first-order valence-electron chi connectivity index (χ1n) is 5.03. The summed E-state index contributed by atoms with van der Waals surface area (Å²) in [6.45, 7) is 0. The first-order chi connectivity index (χ1) is 9.70. The van der Waals surface area contributed by atoms with Crippen molar-refractivity contribution in [3.05, 3.63) is 33.6 Å². The zero-order valence-corrected chi connectivity index (χ0v) is 11.0. The molecule has 0 atom stereocenters. The van der Waals surface area contributed by atoms with Crippen LogP contribution in [0, 0.1) is 27.4 Å². The van der Waals surface area contributed by atoms with Gasteiger partial charge in [0.1, 0.15) is 11.5 Å². The van der Waals surface area contributed by atoms with Crippen molar-refractivity contribution in [2.45, 2.75) is 6.18 Å². The molecule has 0 amide bonds. The molecule has 0 radical (unpaired) electrons. The molecule has 0 aliphatic heterocycles. The van der Waals surface area contributed by atoms with Crippen molar-refractivity contribution < 1.29 is 22.5 Å². The number of nitrogens with one attached hydrogen (secondary N) is 1. The SMILES string of the molecule is CSC(=Nc1cc(F)c(C(F)(F)F)cc1[N+](=O)[O-])NC#N. The van der Waals surface area contributed by atoms with E-state index in [4.69, 9.17) is 5.26 Å². The fourth-order valence-corrected chi connectivity index (χ4v) is 1.62. The molecule has 0 aliphatic rings. The minimum atomic E-state index is -5.07. The number of benzene rings is 1. The molecule has 11 heteroatoms. The zero-order chi connectivity index (χ0) is 16.2. The van der Waals surface area contributed by atoms with Crippen LogP contribution in [-0.4, -0.2) is 16.3 Å². The van der Waals surface area contributed by atoms with Gasteiger partial charge >= 0.3 is 6.18 Å². The molecule has 21 heavy (non-hydrogen) atoms. The van der Waals surface area contributed by atoms with Gasteiger partial charge in [0, 0.05) is 12.1 Å². The fraction of sp³-hybridized carbons (Fsp3) is 0.200. The number of nitro groups is 1. The number of hydrogen-bond acceptors (Lipinski definition) is 5. The summed E-state index contributed by atoms with van der Waals surface area (Å²) >= 11 is 0.874. The summed E-state index contributed by atoms with van der Waals surface area (Å²) in [6, 6.07) is 0.370. The molecule has 0 aromatic heterocycles. The maximum absolute atomic E-state index is 13.4. The second-order valence-electron chi connectivity index (χ2n) is 3.43. The Morgan fingerprint density at radius 2 is 2.14 bits per heavy atom. The van der Waals surface area contributed by atoms with Crippen LogP contribution in [0.3, 0.4) is 0 Å². The number of nitriles is 1. The number of rotatable bonds is 2. The van der Waals surface area contributed by atoms with E-state index in [0.29, 0.717) is 6.07 Å². The summed E-state index contributed by atoms with van der Waals surface area (Å²) in [5.41, 5.74) is -3.40. The minimum absolute atomic E-state index is 0.0679. The van der Waals surface area contributed by atoms with Crippen LogP contribution < -0.4 is 5.32 Å². The van der Waals surface area contributed by atoms with Crippen LogP contribution >= 0.6 is 11.8 Å². The molecule has 0 bridgehead atoms. The lowest BCUT2D eigenvalue weighted by atomic mass is 10.1. The first-order valence-corrected chi connectivity index (χ1v) is 6.26. The number of hydrogen-bond donors (Lipinski definition) is 1. The average molecular weight is 322 g/mol. The number of nitro benzene ring substituents is 1. The highest BCUT2D eigenvalue weighted by Crippen LogP contribution is 2.38. The molecule has 1 N–H and O–H groups in total. The van der Waals surface area contributed by atoms with Gasteiger partial charge in [0.25, 0.3) is 5.69 Å². The Kier molecular flexibility index (Phi) is 5.09. The molecule has 0 saturated carbocycles. The van der Waals surface area contributed by atoms with Crippen molar-refractivity contribution in [1.82, 2.24) is 5.32 Å². The maximum atomic E-state index is 13.4. The van der Waals surface area contributed by atoms with E-state index in [2.05, 4.69) is 10.3 Å². The van der Waals surface area contributed by atoms with E-state index in [1.165, 1.54) is 12.4 Å². The van der Waals surface area contributed by atoms with Gasteiger partial charge in [0.05, 0.1) is 10.5 Å². The Labute approximate surface area is 119 Å². The number of aliphatic imine (C=N–C) groups is 1. The molecule has 1 aromatic rings. The largest absolute Gasteiger partial charge is 0.419 e. The van der Waals surface area contributed by atoms with Crippen molar-refractivity contribution in [2.75, 3.05) is 6.26 Å². The molecule has 0 spiro atoms. The highest BCUT2D eigenvalue weighted by molar-refractivity contribution is 8.13. The summed E-state index contributed by atoms with van der Waals surface area (Å²) in [4.78, 5) is 13.2. The van der Waals surface area contributed by atoms with E-state index in [1.54, 1.807) is 0 Å². The van der Waals surface area contributed by atoms with Gasteiger partial charge in [-0.3, -0.25) is 15.4 Å². The topological polar surface area (TPSA) is 91.3 Å². The molecule has 112 valence electrons. The normalized spacial score (nSPS) is 11.9. The fourth-order valence-electron chi connectivity index (χ4n) is 1.29.